The molecule has 1 aliphatic rings. The van der Waals surface area contributed by atoms with Crippen molar-refractivity contribution in [2.45, 2.75) is 35.3 Å². The van der Waals surface area contributed by atoms with E-state index in [4.69, 9.17) is 9.47 Å². The number of benzene rings is 1. The van der Waals surface area contributed by atoms with Gasteiger partial charge in [-0.25, -0.2) is 9.37 Å². The van der Waals surface area contributed by atoms with E-state index < -0.39 is 5.60 Å². The van der Waals surface area contributed by atoms with Crippen molar-refractivity contribution < 1.29 is 18.7 Å². The maximum atomic E-state index is 14.2. The number of aromatic nitrogens is 1. The molecule has 0 atom stereocenters. The van der Waals surface area contributed by atoms with Gasteiger partial charge < -0.3 is 9.47 Å². The van der Waals surface area contributed by atoms with Gasteiger partial charge in [-0.3, -0.25) is 4.79 Å². The van der Waals surface area contributed by atoms with E-state index in [1.165, 1.54) is 30.8 Å². The van der Waals surface area contributed by atoms with E-state index in [2.05, 4.69) is 4.98 Å². The summed E-state index contributed by atoms with van der Waals surface area (Å²) in [5.41, 5.74) is 0.868. The van der Waals surface area contributed by atoms with Crippen molar-refractivity contribution in [3.8, 4) is 0 Å². The van der Waals surface area contributed by atoms with Crippen LogP contribution < -0.4 is 0 Å². The van der Waals surface area contributed by atoms with Crippen molar-refractivity contribution in [2.75, 3.05) is 20.3 Å². The molecular weight excluding hydrogens is 341 g/mol. The third-order valence-corrected chi connectivity index (χ3v) is 5.38. The van der Waals surface area contributed by atoms with Crippen LogP contribution in [0.1, 0.15) is 35.7 Å². The molecule has 1 fully saturated rings. The Kier molecular flexibility index (Phi) is 5.51. The van der Waals surface area contributed by atoms with Crippen LogP contribution >= 0.6 is 11.8 Å². The number of halogens is 1. The van der Waals surface area contributed by atoms with Crippen LogP contribution in [0.3, 0.4) is 0 Å². The zero-order valence-electron chi connectivity index (χ0n) is 14.3. The monoisotopic (exact) mass is 361 g/mol. The van der Waals surface area contributed by atoms with E-state index in [1.54, 1.807) is 25.4 Å². The minimum absolute atomic E-state index is 0.0290. The van der Waals surface area contributed by atoms with Gasteiger partial charge in [0.1, 0.15) is 10.8 Å². The third kappa shape index (κ3) is 4.08. The van der Waals surface area contributed by atoms with Gasteiger partial charge in [0.05, 0.1) is 5.60 Å². The zero-order chi connectivity index (χ0) is 17.9. The van der Waals surface area contributed by atoms with Gasteiger partial charge >= 0.3 is 0 Å². The van der Waals surface area contributed by atoms with E-state index in [0.717, 1.165) is 10.5 Å². The number of hydrogen-bond donors (Lipinski definition) is 0. The van der Waals surface area contributed by atoms with Crippen LogP contribution in [-0.4, -0.2) is 31.1 Å². The molecule has 1 aliphatic heterocycles. The molecule has 0 radical (unpaired) electrons. The summed E-state index contributed by atoms with van der Waals surface area (Å²) in [5, 5.41) is 0.708. The van der Waals surface area contributed by atoms with Crippen molar-refractivity contribution in [2.24, 2.45) is 0 Å². The molecular formula is C19H20FNO3S. The Morgan fingerprint density at radius 2 is 2.04 bits per heavy atom. The van der Waals surface area contributed by atoms with Crippen molar-refractivity contribution in [1.29, 1.82) is 0 Å². The molecule has 2 aromatic rings. The quantitative estimate of drug-likeness (QED) is 0.746. The normalized spacial score (nSPS) is 16.6. The first kappa shape index (κ1) is 18.0. The highest BCUT2D eigenvalue weighted by Crippen LogP contribution is 2.38. The number of ether oxygens (including phenoxy) is 2. The summed E-state index contributed by atoms with van der Waals surface area (Å²) >= 11 is 1.36. The van der Waals surface area contributed by atoms with Crippen LogP contribution in [-0.2, 0) is 15.1 Å². The highest BCUT2D eigenvalue weighted by atomic mass is 32.2. The molecule has 1 saturated heterocycles. The minimum Gasteiger partial charge on any atom is -0.381 e. The average molecular weight is 361 g/mol. The van der Waals surface area contributed by atoms with Gasteiger partial charge in [-0.05, 0) is 42.8 Å². The molecule has 0 saturated carbocycles. The minimum atomic E-state index is -0.512. The molecule has 0 aliphatic carbocycles. The SMILES string of the molecule is COC1(c2cc(F)cc(Sc3ccc(C(C)=O)cn3)c2)CCOCC1. The van der Waals surface area contributed by atoms with Crippen molar-refractivity contribution >= 4 is 17.5 Å². The number of nitrogens with zero attached hydrogens (tertiary/aromatic N) is 1. The van der Waals surface area contributed by atoms with E-state index in [0.29, 0.717) is 36.6 Å². The van der Waals surface area contributed by atoms with Gasteiger partial charge in [0.25, 0.3) is 0 Å². The van der Waals surface area contributed by atoms with Gasteiger partial charge in [-0.15, -0.1) is 0 Å². The summed E-state index contributed by atoms with van der Waals surface area (Å²) in [4.78, 5) is 16.4. The predicted molar refractivity (Wildman–Crippen MR) is 93.5 cm³/mol. The van der Waals surface area contributed by atoms with Crippen LogP contribution in [0.2, 0.25) is 0 Å². The number of Topliss-reactive ketones (excluding diaryl/α,β-unsaturated/α-hetero) is 1. The first-order valence-electron chi connectivity index (χ1n) is 8.11. The summed E-state index contributed by atoms with van der Waals surface area (Å²) in [7, 11) is 1.66. The Hall–Kier alpha value is -1.76. The second-order valence-corrected chi connectivity index (χ2v) is 7.12. The number of carbonyl (C=O) groups is 1. The number of carbonyl (C=O) groups excluding carboxylic acids is 1. The van der Waals surface area contributed by atoms with Crippen molar-refractivity contribution in [1.82, 2.24) is 4.98 Å². The zero-order valence-corrected chi connectivity index (χ0v) is 15.1. The second-order valence-electron chi connectivity index (χ2n) is 6.03. The maximum absolute atomic E-state index is 14.2. The topological polar surface area (TPSA) is 48.4 Å². The van der Waals surface area contributed by atoms with Crippen molar-refractivity contribution in [3.05, 3.63) is 53.5 Å². The van der Waals surface area contributed by atoms with Gasteiger partial charge in [-0.2, -0.15) is 0 Å². The Morgan fingerprint density at radius 1 is 1.28 bits per heavy atom. The first-order valence-corrected chi connectivity index (χ1v) is 8.93. The largest absolute Gasteiger partial charge is 0.381 e. The van der Waals surface area contributed by atoms with Gasteiger partial charge in [0.15, 0.2) is 5.78 Å². The molecule has 0 N–H and O–H groups in total. The standard InChI is InChI=1S/C19H20FNO3S/c1-13(22)14-3-4-18(21-12-14)25-17-10-15(9-16(20)11-17)19(23-2)5-7-24-8-6-19/h3-4,9-12H,5-8H2,1-2H3. The fourth-order valence-electron chi connectivity index (χ4n) is 2.97. The molecule has 0 unspecified atom stereocenters. The summed E-state index contributed by atoms with van der Waals surface area (Å²) in [5.74, 6) is -0.332. The Labute approximate surface area is 150 Å². The summed E-state index contributed by atoms with van der Waals surface area (Å²) < 4.78 is 25.4. The molecule has 0 spiro atoms. The Bertz CT molecular complexity index is 758. The van der Waals surface area contributed by atoms with E-state index in [-0.39, 0.29) is 11.6 Å². The molecule has 0 amide bonds. The van der Waals surface area contributed by atoms with Gasteiger partial charge in [-0.1, -0.05) is 11.8 Å². The maximum Gasteiger partial charge on any atom is 0.161 e. The molecule has 3 rings (SSSR count). The smallest absolute Gasteiger partial charge is 0.161 e. The molecule has 2 heterocycles. The fraction of sp³-hybridized carbons (Fsp3) is 0.368. The lowest BCUT2D eigenvalue weighted by Crippen LogP contribution is -2.35. The Balaban J connectivity index is 1.87. The number of rotatable bonds is 5. The molecule has 1 aromatic heterocycles. The van der Waals surface area contributed by atoms with Crippen LogP contribution in [0.4, 0.5) is 4.39 Å². The lowest BCUT2D eigenvalue weighted by Gasteiger charge is -2.36. The third-order valence-electron chi connectivity index (χ3n) is 4.45. The van der Waals surface area contributed by atoms with E-state index in [1.807, 2.05) is 6.07 Å². The molecule has 6 heteroatoms. The fourth-order valence-corrected chi connectivity index (χ4v) is 3.81. The summed E-state index contributed by atoms with van der Waals surface area (Å²) in [6.07, 6.45) is 2.94. The highest BCUT2D eigenvalue weighted by molar-refractivity contribution is 7.99. The Morgan fingerprint density at radius 3 is 2.64 bits per heavy atom. The average Bonchev–Trinajstić information content (AvgIpc) is 2.62. The van der Waals surface area contributed by atoms with E-state index >= 15 is 0 Å². The number of methoxy groups -OCH3 is 1. The van der Waals surface area contributed by atoms with Gasteiger partial charge in [0.2, 0.25) is 0 Å². The van der Waals surface area contributed by atoms with Crippen LogP contribution in [0.25, 0.3) is 0 Å². The number of hydrogen-bond acceptors (Lipinski definition) is 5. The molecule has 132 valence electrons. The second kappa shape index (κ2) is 7.64. The summed E-state index contributed by atoms with van der Waals surface area (Å²) in [6, 6.07) is 8.46. The molecule has 4 nitrogen and oxygen atoms in total. The van der Waals surface area contributed by atoms with E-state index in [9.17, 15) is 9.18 Å². The van der Waals surface area contributed by atoms with Gasteiger partial charge in [0, 0.05) is 49.8 Å². The predicted octanol–water partition coefficient (Wildman–Crippen LogP) is 4.23. The lowest BCUT2D eigenvalue weighted by atomic mass is 9.86. The number of ketones is 1. The molecule has 0 bridgehead atoms. The molecule has 25 heavy (non-hydrogen) atoms. The van der Waals surface area contributed by atoms with Crippen LogP contribution in [0, 0.1) is 5.82 Å². The summed E-state index contributed by atoms with van der Waals surface area (Å²) in [6.45, 7) is 2.70. The van der Waals surface area contributed by atoms with Crippen molar-refractivity contribution in [3.63, 3.8) is 0 Å². The van der Waals surface area contributed by atoms with Crippen LogP contribution in [0.15, 0.2) is 46.5 Å². The highest BCUT2D eigenvalue weighted by Gasteiger charge is 2.35. The molecule has 1 aromatic carbocycles. The number of pyridine rings is 1. The first-order chi connectivity index (χ1) is 12.0. The lowest BCUT2D eigenvalue weighted by molar-refractivity contribution is -0.0950. The van der Waals surface area contributed by atoms with Crippen LogP contribution in [0.5, 0.6) is 0 Å².